The fraction of sp³-hybridized carbons (Fsp3) is 0.533. The maximum atomic E-state index is 10.3. The average molecular weight is 232 g/mol. The Morgan fingerprint density at radius 3 is 2.71 bits per heavy atom. The fourth-order valence-corrected chi connectivity index (χ4v) is 2.38. The van der Waals surface area contributed by atoms with Crippen LogP contribution < -0.4 is 0 Å². The lowest BCUT2D eigenvalue weighted by atomic mass is 9.72. The number of carbonyl (C=O) groups is 1. The van der Waals surface area contributed by atoms with Gasteiger partial charge in [0.1, 0.15) is 6.29 Å². The van der Waals surface area contributed by atoms with E-state index in [0.717, 1.165) is 29.4 Å². The molecule has 2 heteroatoms. The smallest absolute Gasteiger partial charge is 0.143 e. The van der Waals surface area contributed by atoms with E-state index in [9.17, 15) is 9.90 Å². The molecule has 1 N–H and O–H groups in total. The summed E-state index contributed by atoms with van der Waals surface area (Å²) in [5.41, 5.74) is 2.93. The molecule has 1 aliphatic rings. The van der Waals surface area contributed by atoms with Crippen molar-refractivity contribution in [1.82, 2.24) is 0 Å². The number of allylic oxidation sites excluding steroid dienone is 3. The van der Waals surface area contributed by atoms with E-state index < -0.39 is 0 Å². The van der Waals surface area contributed by atoms with Gasteiger partial charge in [-0.1, -0.05) is 31.3 Å². The van der Waals surface area contributed by atoms with Crippen molar-refractivity contribution in [2.75, 3.05) is 0 Å². The molecule has 0 spiro atoms. The number of hydrogen-bond acceptors (Lipinski definition) is 2. The second kappa shape index (κ2) is 5.33. The van der Waals surface area contributed by atoms with Crippen molar-refractivity contribution in [1.29, 1.82) is 0 Å². The first-order chi connectivity index (χ1) is 7.86. The molecule has 0 radical (unpaired) electrons. The van der Waals surface area contributed by atoms with Crippen molar-refractivity contribution in [3.63, 3.8) is 0 Å². The van der Waals surface area contributed by atoms with Crippen LogP contribution in [0.15, 0.2) is 22.8 Å². The molecule has 0 amide bonds. The van der Waals surface area contributed by atoms with Crippen molar-refractivity contribution in [2.45, 2.75) is 46.6 Å². The van der Waals surface area contributed by atoms with Crippen molar-refractivity contribution in [3.8, 4) is 11.8 Å². The third kappa shape index (κ3) is 3.57. The summed E-state index contributed by atoms with van der Waals surface area (Å²) >= 11 is 0. The highest BCUT2D eigenvalue weighted by molar-refractivity contribution is 5.68. The monoisotopic (exact) mass is 232 g/mol. The Morgan fingerprint density at radius 2 is 2.18 bits per heavy atom. The van der Waals surface area contributed by atoms with Crippen LogP contribution in [0.1, 0.15) is 40.5 Å². The van der Waals surface area contributed by atoms with Crippen LogP contribution in [0.2, 0.25) is 0 Å². The predicted molar refractivity (Wildman–Crippen MR) is 69.3 cm³/mol. The molecule has 2 nitrogen and oxygen atoms in total. The minimum absolute atomic E-state index is 0.0871. The molecule has 0 aromatic carbocycles. The van der Waals surface area contributed by atoms with Crippen molar-refractivity contribution in [3.05, 3.63) is 22.8 Å². The lowest BCUT2D eigenvalue weighted by Crippen LogP contribution is -2.28. The van der Waals surface area contributed by atoms with E-state index in [4.69, 9.17) is 0 Å². The van der Waals surface area contributed by atoms with E-state index in [0.29, 0.717) is 6.42 Å². The van der Waals surface area contributed by atoms with Gasteiger partial charge in [0, 0.05) is 16.6 Å². The molecule has 0 saturated heterocycles. The Hall–Kier alpha value is -1.33. The first-order valence-corrected chi connectivity index (χ1v) is 5.89. The predicted octanol–water partition coefficient (Wildman–Crippen LogP) is 2.63. The maximum absolute atomic E-state index is 10.3. The first kappa shape index (κ1) is 13.7. The summed E-state index contributed by atoms with van der Waals surface area (Å²) in [6, 6.07) is 0. The molecular weight excluding hydrogens is 212 g/mol. The SMILES string of the molecule is CC1=C(C#C/C(C)=C\C=O)C(C)(C)C[C@H](O)C1. The van der Waals surface area contributed by atoms with Gasteiger partial charge in [0.25, 0.3) is 0 Å². The van der Waals surface area contributed by atoms with Gasteiger partial charge in [0.2, 0.25) is 0 Å². The van der Waals surface area contributed by atoms with E-state index >= 15 is 0 Å². The third-order valence-electron chi connectivity index (χ3n) is 3.09. The number of aldehydes is 1. The molecule has 0 heterocycles. The lowest BCUT2D eigenvalue weighted by molar-refractivity contribution is -0.104. The molecule has 0 aromatic heterocycles. The van der Waals surface area contributed by atoms with Gasteiger partial charge in [-0.15, -0.1) is 0 Å². The van der Waals surface area contributed by atoms with Crippen LogP contribution in [0.3, 0.4) is 0 Å². The molecule has 0 saturated carbocycles. The van der Waals surface area contributed by atoms with Gasteiger partial charge < -0.3 is 5.11 Å². The third-order valence-corrected chi connectivity index (χ3v) is 3.09. The average Bonchev–Trinajstić information content (AvgIpc) is 2.14. The summed E-state index contributed by atoms with van der Waals surface area (Å²) in [4.78, 5) is 10.3. The Morgan fingerprint density at radius 1 is 1.53 bits per heavy atom. The number of carbonyl (C=O) groups excluding carboxylic acids is 1. The van der Waals surface area contributed by atoms with Crippen molar-refractivity contribution >= 4 is 6.29 Å². The van der Waals surface area contributed by atoms with Crippen molar-refractivity contribution < 1.29 is 9.90 Å². The molecule has 1 rings (SSSR count). The van der Waals surface area contributed by atoms with E-state index in [1.807, 2.05) is 13.8 Å². The van der Waals surface area contributed by atoms with Crippen LogP contribution >= 0.6 is 0 Å². The first-order valence-electron chi connectivity index (χ1n) is 5.89. The standard InChI is InChI=1S/C15H20O2/c1-11(7-8-16)5-6-14-12(2)9-13(17)10-15(14,3)4/h7-8,13,17H,9-10H2,1-4H3/b11-7-/t13-/m1/s1. The van der Waals surface area contributed by atoms with Crippen LogP contribution in [0.5, 0.6) is 0 Å². The summed E-state index contributed by atoms with van der Waals surface area (Å²) in [5.74, 6) is 6.15. The summed E-state index contributed by atoms with van der Waals surface area (Å²) in [5, 5.41) is 9.75. The zero-order chi connectivity index (χ0) is 13.1. The Labute approximate surface area is 103 Å². The largest absolute Gasteiger partial charge is 0.393 e. The number of aliphatic hydroxyl groups excluding tert-OH is 1. The van der Waals surface area contributed by atoms with Crippen LogP contribution in [-0.4, -0.2) is 17.5 Å². The Balaban J connectivity index is 3.06. The van der Waals surface area contributed by atoms with Gasteiger partial charge in [-0.3, -0.25) is 4.79 Å². The zero-order valence-electron chi connectivity index (χ0n) is 11.0. The molecule has 1 aliphatic carbocycles. The topological polar surface area (TPSA) is 37.3 Å². The molecule has 0 aliphatic heterocycles. The number of aliphatic hydroxyl groups is 1. The summed E-state index contributed by atoms with van der Waals surface area (Å²) in [7, 11) is 0. The maximum Gasteiger partial charge on any atom is 0.143 e. The highest BCUT2D eigenvalue weighted by atomic mass is 16.3. The quantitative estimate of drug-likeness (QED) is 0.429. The minimum Gasteiger partial charge on any atom is -0.393 e. The van der Waals surface area contributed by atoms with E-state index in [1.54, 1.807) is 0 Å². The van der Waals surface area contributed by atoms with Crippen LogP contribution in [0, 0.1) is 17.3 Å². The molecule has 0 fully saturated rings. The lowest BCUT2D eigenvalue weighted by Gasteiger charge is -2.34. The number of hydrogen-bond donors (Lipinski definition) is 1. The van der Waals surface area contributed by atoms with Gasteiger partial charge in [0.05, 0.1) is 6.10 Å². The van der Waals surface area contributed by atoms with Crippen LogP contribution in [-0.2, 0) is 4.79 Å². The van der Waals surface area contributed by atoms with Crippen LogP contribution in [0.25, 0.3) is 0 Å². The van der Waals surface area contributed by atoms with Gasteiger partial charge in [-0.2, -0.15) is 0 Å². The summed E-state index contributed by atoms with van der Waals surface area (Å²) in [6.45, 7) is 8.04. The Kier molecular flexibility index (Phi) is 4.31. The van der Waals surface area contributed by atoms with E-state index in [-0.39, 0.29) is 11.5 Å². The number of rotatable bonds is 1. The van der Waals surface area contributed by atoms with Gasteiger partial charge in [-0.05, 0) is 32.8 Å². The molecule has 1 atom stereocenters. The molecule has 0 aromatic rings. The molecule has 0 unspecified atom stereocenters. The normalized spacial score (nSPS) is 24.1. The summed E-state index contributed by atoms with van der Waals surface area (Å²) < 4.78 is 0. The van der Waals surface area contributed by atoms with E-state index in [2.05, 4.69) is 25.7 Å². The molecule has 0 bridgehead atoms. The summed E-state index contributed by atoms with van der Waals surface area (Å²) in [6.07, 6.45) is 3.39. The van der Waals surface area contributed by atoms with Crippen LogP contribution in [0.4, 0.5) is 0 Å². The highest BCUT2D eigenvalue weighted by Crippen LogP contribution is 2.39. The molecule has 92 valence electrons. The van der Waals surface area contributed by atoms with Gasteiger partial charge in [0.15, 0.2) is 0 Å². The highest BCUT2D eigenvalue weighted by Gasteiger charge is 2.31. The zero-order valence-corrected chi connectivity index (χ0v) is 11.0. The Bertz CT molecular complexity index is 428. The molecule has 17 heavy (non-hydrogen) atoms. The van der Waals surface area contributed by atoms with E-state index in [1.165, 1.54) is 6.08 Å². The fourth-order valence-electron chi connectivity index (χ4n) is 2.38. The molecular formula is C15H20O2. The second-order valence-electron chi connectivity index (χ2n) is 5.34. The van der Waals surface area contributed by atoms with Gasteiger partial charge in [-0.25, -0.2) is 0 Å². The van der Waals surface area contributed by atoms with Gasteiger partial charge >= 0.3 is 0 Å². The second-order valence-corrected chi connectivity index (χ2v) is 5.34. The van der Waals surface area contributed by atoms with Crippen molar-refractivity contribution in [2.24, 2.45) is 5.41 Å². The minimum atomic E-state index is -0.262.